The van der Waals surface area contributed by atoms with Crippen LogP contribution in [0, 0.1) is 5.92 Å². The van der Waals surface area contributed by atoms with Crippen molar-refractivity contribution in [2.24, 2.45) is 5.92 Å². The summed E-state index contributed by atoms with van der Waals surface area (Å²) < 4.78 is 48.9. The van der Waals surface area contributed by atoms with Gasteiger partial charge in [0.25, 0.3) is 5.91 Å². The molecule has 3 aromatic rings. The van der Waals surface area contributed by atoms with E-state index in [4.69, 9.17) is 24.7 Å². The summed E-state index contributed by atoms with van der Waals surface area (Å²) in [5.41, 5.74) is 7.27. The molecule has 2 aromatic heterocycles. The van der Waals surface area contributed by atoms with Crippen LogP contribution < -0.4 is 44.8 Å². The fourth-order valence-corrected chi connectivity index (χ4v) is 6.48. The predicted molar refractivity (Wildman–Crippen MR) is 141 cm³/mol. The van der Waals surface area contributed by atoms with Gasteiger partial charge in [-0.05, 0) is 60.2 Å². The van der Waals surface area contributed by atoms with Crippen LogP contribution in [0.25, 0.3) is 11.2 Å². The van der Waals surface area contributed by atoms with E-state index in [0.29, 0.717) is 59.2 Å². The van der Waals surface area contributed by atoms with E-state index in [0.717, 1.165) is 28.6 Å². The maximum atomic E-state index is 12.5. The van der Waals surface area contributed by atoms with Gasteiger partial charge in [-0.15, -0.1) is 0 Å². The van der Waals surface area contributed by atoms with Crippen molar-refractivity contribution in [3.8, 4) is 11.5 Å². The SMILES string of the molecule is CC(OS(=O)(=O)O)C(=O)N1CCC(CCn2c(Sc3cc4c(cc3Br)OCO4)nc3c(N)ncnc32)CC1.[H-].[Na+]. The van der Waals surface area contributed by atoms with E-state index in [1.54, 1.807) is 4.90 Å². The third-order valence-electron chi connectivity index (χ3n) is 6.45. The number of amides is 1. The first-order chi connectivity index (χ1) is 18.1. The fraction of sp³-hybridized carbons (Fsp3) is 0.455. The van der Waals surface area contributed by atoms with Gasteiger partial charge >= 0.3 is 40.0 Å². The van der Waals surface area contributed by atoms with E-state index >= 15 is 0 Å². The Morgan fingerprint density at radius 2 is 2.00 bits per heavy atom. The minimum Gasteiger partial charge on any atom is -1.00 e. The number of hydrogen-bond acceptors (Lipinski definition) is 11. The number of piperidine rings is 1. The van der Waals surface area contributed by atoms with E-state index < -0.39 is 22.4 Å². The van der Waals surface area contributed by atoms with Crippen molar-refractivity contribution in [2.75, 3.05) is 25.6 Å². The Morgan fingerprint density at radius 1 is 1.31 bits per heavy atom. The second kappa shape index (κ2) is 12.5. The number of ether oxygens (including phenoxy) is 2. The summed E-state index contributed by atoms with van der Waals surface area (Å²) >= 11 is 5.05. The topological polar surface area (TPSA) is 172 Å². The Kier molecular flexibility index (Phi) is 9.69. The van der Waals surface area contributed by atoms with E-state index in [9.17, 15) is 13.2 Å². The first-order valence-electron chi connectivity index (χ1n) is 11.8. The van der Waals surface area contributed by atoms with Crippen molar-refractivity contribution in [3.63, 3.8) is 0 Å². The Bertz CT molecular complexity index is 1490. The van der Waals surface area contributed by atoms with Gasteiger partial charge in [0.2, 0.25) is 6.79 Å². The van der Waals surface area contributed by atoms with Crippen molar-refractivity contribution in [1.82, 2.24) is 24.4 Å². The molecular weight excluding hydrogens is 627 g/mol. The quantitative estimate of drug-likeness (QED) is 0.247. The minimum absolute atomic E-state index is 0. The number of aromatic nitrogens is 4. The molecule has 3 N–H and O–H groups in total. The maximum absolute atomic E-state index is 12.5. The maximum Gasteiger partial charge on any atom is 1.00 e. The Morgan fingerprint density at radius 3 is 2.69 bits per heavy atom. The Balaban J connectivity index is 0.00000220. The summed E-state index contributed by atoms with van der Waals surface area (Å²) in [5.74, 6) is 1.49. The van der Waals surface area contributed by atoms with Crippen LogP contribution in [0.3, 0.4) is 0 Å². The summed E-state index contributed by atoms with van der Waals surface area (Å²) in [4.78, 5) is 28.2. The summed E-state index contributed by atoms with van der Waals surface area (Å²) in [6.45, 7) is 3.04. The molecule has 1 fully saturated rings. The zero-order chi connectivity index (χ0) is 27.0. The molecule has 17 heteroatoms. The van der Waals surface area contributed by atoms with Gasteiger partial charge < -0.3 is 26.1 Å². The molecule has 0 spiro atoms. The van der Waals surface area contributed by atoms with Crippen LogP contribution in [0.2, 0.25) is 0 Å². The van der Waals surface area contributed by atoms with E-state index in [1.807, 2.05) is 16.7 Å². The van der Waals surface area contributed by atoms with Crippen molar-refractivity contribution in [2.45, 2.75) is 48.9 Å². The Hall–Kier alpha value is -1.66. The standard InChI is InChI=1S/C22H25BrN6O7S2.Na.H/c1-12(36-38(31,32)33)21(30)28-5-2-13(3-6-28)4-7-29-20-18(19(24)25-10-26-20)27-22(29)37-17-9-16-15(8-14(17)23)34-11-35-16;;/h8-10,12-13H,2-7,11H2,1H3,(H2,24,25,26)(H,31,32,33);;/q;+1;-1. The number of carbonyl (C=O) groups is 1. The molecule has 5 rings (SSSR count). The molecule has 0 radical (unpaired) electrons. The molecule has 1 unspecified atom stereocenters. The average Bonchev–Trinajstić information content (AvgIpc) is 3.46. The van der Waals surface area contributed by atoms with Crippen LogP contribution in [0.4, 0.5) is 5.82 Å². The first-order valence-corrected chi connectivity index (χ1v) is 14.7. The van der Waals surface area contributed by atoms with Crippen LogP contribution in [-0.2, 0) is 25.9 Å². The van der Waals surface area contributed by atoms with Gasteiger partial charge in [0.1, 0.15) is 6.33 Å². The minimum atomic E-state index is -4.70. The molecule has 4 heterocycles. The molecule has 0 aliphatic carbocycles. The second-order valence-corrected chi connectivity index (χ2v) is 11.8. The van der Waals surface area contributed by atoms with Crippen molar-refractivity contribution in [3.05, 3.63) is 22.9 Å². The molecule has 39 heavy (non-hydrogen) atoms. The number of rotatable bonds is 8. The fourth-order valence-electron chi connectivity index (χ4n) is 4.52. The van der Waals surface area contributed by atoms with Crippen LogP contribution in [0.5, 0.6) is 11.5 Å². The van der Waals surface area contributed by atoms with Crippen molar-refractivity contribution < 1.29 is 62.4 Å². The zero-order valence-electron chi connectivity index (χ0n) is 22.2. The van der Waals surface area contributed by atoms with Gasteiger partial charge in [0.05, 0.1) is 0 Å². The van der Waals surface area contributed by atoms with Crippen LogP contribution in [0.1, 0.15) is 27.6 Å². The predicted octanol–water partition coefficient (Wildman–Crippen LogP) is 0.00400. The molecule has 2 aliphatic rings. The van der Waals surface area contributed by atoms with Crippen LogP contribution >= 0.6 is 27.7 Å². The number of halogens is 1. The molecule has 206 valence electrons. The largest absolute Gasteiger partial charge is 1.00 e. The number of fused-ring (bicyclic) bond motifs is 2. The van der Waals surface area contributed by atoms with E-state index in [1.165, 1.54) is 25.0 Å². The number of carbonyl (C=O) groups excluding carboxylic acids is 1. The second-order valence-electron chi connectivity index (χ2n) is 8.94. The normalized spacial score (nSPS) is 16.3. The number of nitrogens with zero attached hydrogens (tertiary/aromatic N) is 5. The molecular formula is C22H26BrN6NaO7S2. The molecule has 0 bridgehead atoms. The van der Waals surface area contributed by atoms with Gasteiger partial charge in [-0.2, -0.15) is 8.42 Å². The van der Waals surface area contributed by atoms with E-state index in [-0.39, 0.29) is 37.8 Å². The summed E-state index contributed by atoms with van der Waals surface area (Å²) in [6.07, 6.45) is 2.43. The molecule has 1 saturated heterocycles. The summed E-state index contributed by atoms with van der Waals surface area (Å²) in [7, 11) is -4.70. The molecule has 0 saturated carbocycles. The third kappa shape index (κ3) is 6.98. The number of nitrogens with two attached hydrogens (primary N) is 1. The van der Waals surface area contributed by atoms with Gasteiger partial charge in [0.15, 0.2) is 39.7 Å². The smallest absolute Gasteiger partial charge is 1.00 e. The Labute approximate surface area is 261 Å². The molecule has 2 aliphatic heterocycles. The number of aryl methyl sites for hydroxylation is 1. The van der Waals surface area contributed by atoms with Crippen molar-refractivity contribution >= 4 is 61.0 Å². The first kappa shape index (κ1) is 30.3. The molecule has 1 aromatic carbocycles. The van der Waals surface area contributed by atoms with Gasteiger partial charge in [-0.1, -0.05) is 11.8 Å². The number of hydrogen-bond donors (Lipinski definition) is 2. The van der Waals surface area contributed by atoms with Gasteiger partial charge in [0, 0.05) is 29.0 Å². The van der Waals surface area contributed by atoms with Crippen LogP contribution in [0.15, 0.2) is 33.0 Å². The monoisotopic (exact) mass is 652 g/mol. The molecule has 13 nitrogen and oxygen atoms in total. The third-order valence-corrected chi connectivity index (χ3v) is 8.96. The summed E-state index contributed by atoms with van der Waals surface area (Å²) in [6, 6.07) is 3.76. The van der Waals surface area contributed by atoms with Gasteiger partial charge in [-0.25, -0.2) is 19.1 Å². The van der Waals surface area contributed by atoms with Gasteiger partial charge in [-0.3, -0.25) is 9.35 Å². The number of benzene rings is 1. The molecule has 1 amide bonds. The van der Waals surface area contributed by atoms with E-state index in [2.05, 4.69) is 30.1 Å². The van der Waals surface area contributed by atoms with Crippen LogP contribution in [-0.4, -0.2) is 69.3 Å². The number of imidazole rings is 1. The number of anilines is 1. The average molecular weight is 654 g/mol. The zero-order valence-corrected chi connectivity index (χ0v) is 26.5. The molecule has 1 atom stereocenters. The van der Waals surface area contributed by atoms with Crippen molar-refractivity contribution in [1.29, 1.82) is 0 Å². The summed E-state index contributed by atoms with van der Waals surface area (Å²) in [5, 5.41) is 0.704. The number of likely N-dealkylation sites (tertiary alicyclic amines) is 1. The number of nitrogen functional groups attached to an aromatic ring is 1.